The maximum absolute atomic E-state index is 11.0. The average molecular weight is 338 g/mol. The molecule has 0 heterocycles. The number of allylic oxidation sites excluding steroid dienone is 1. The summed E-state index contributed by atoms with van der Waals surface area (Å²) >= 11 is 1.83. The van der Waals surface area contributed by atoms with Crippen LogP contribution in [-0.4, -0.2) is 16.5 Å². The van der Waals surface area contributed by atoms with Crippen molar-refractivity contribution in [3.8, 4) is 0 Å². The van der Waals surface area contributed by atoms with Crippen molar-refractivity contribution in [1.29, 1.82) is 0 Å². The first kappa shape index (κ1) is 15.6. The second kappa shape index (κ2) is 5.82. The number of halogens is 1. The van der Waals surface area contributed by atoms with Crippen LogP contribution in [0.15, 0.2) is 24.0 Å². The lowest BCUT2D eigenvalue weighted by Gasteiger charge is -2.38. The zero-order valence-electron chi connectivity index (χ0n) is 10.4. The van der Waals surface area contributed by atoms with Gasteiger partial charge in [0.15, 0.2) is 5.76 Å². The van der Waals surface area contributed by atoms with Gasteiger partial charge in [-0.3, -0.25) is 4.79 Å². The van der Waals surface area contributed by atoms with Gasteiger partial charge in [-0.1, -0.05) is 19.9 Å². The number of carbonyl (C=O) groups excluding carboxylic acids is 1. The van der Waals surface area contributed by atoms with Crippen molar-refractivity contribution in [1.82, 2.24) is 0 Å². The van der Waals surface area contributed by atoms with Gasteiger partial charge in [0, 0.05) is 5.41 Å². The zero-order valence-corrected chi connectivity index (χ0v) is 12.5. The van der Waals surface area contributed by atoms with Crippen molar-refractivity contribution in [2.24, 2.45) is 5.41 Å². The number of carbonyl (C=O) groups is 1. The molecule has 0 saturated heterocycles. The number of hydrogen-bond donors (Lipinski definition) is 1. The molecule has 0 bridgehead atoms. The standard InChI is InChI=1S/C10H13IO3.C2H6/c1-9(2,14-11)10(3)5-4-7(12)8(13)6-10;1-2/h4-6,13H,1-3H3;1-2H3. The average Bonchev–Trinajstić information content (AvgIpc) is 2.26. The van der Waals surface area contributed by atoms with Crippen LogP contribution in [0.1, 0.15) is 34.6 Å². The smallest absolute Gasteiger partial charge is 0.219 e. The van der Waals surface area contributed by atoms with E-state index in [0.717, 1.165) is 0 Å². The fourth-order valence-corrected chi connectivity index (χ4v) is 1.67. The van der Waals surface area contributed by atoms with E-state index >= 15 is 0 Å². The third-order valence-corrected chi connectivity index (χ3v) is 3.86. The summed E-state index contributed by atoms with van der Waals surface area (Å²) in [7, 11) is 0. The predicted octanol–water partition coefficient (Wildman–Crippen LogP) is 3.74. The summed E-state index contributed by atoms with van der Waals surface area (Å²) in [6.45, 7) is 9.72. The SMILES string of the molecule is CC.CC1(C(C)(C)OI)C=CC(=O)C(O)=C1. The monoisotopic (exact) mass is 338 g/mol. The third-order valence-electron chi connectivity index (χ3n) is 2.76. The van der Waals surface area contributed by atoms with E-state index in [1.807, 2.05) is 57.6 Å². The van der Waals surface area contributed by atoms with Gasteiger partial charge < -0.3 is 8.17 Å². The molecule has 0 amide bonds. The minimum absolute atomic E-state index is 0.212. The van der Waals surface area contributed by atoms with Crippen LogP contribution >= 0.6 is 23.0 Å². The van der Waals surface area contributed by atoms with Gasteiger partial charge in [-0.15, -0.1) is 0 Å². The van der Waals surface area contributed by atoms with Crippen LogP contribution < -0.4 is 0 Å². The molecular weight excluding hydrogens is 319 g/mol. The largest absolute Gasteiger partial charge is 0.504 e. The van der Waals surface area contributed by atoms with E-state index in [1.165, 1.54) is 12.2 Å². The molecule has 4 heteroatoms. The summed E-state index contributed by atoms with van der Waals surface area (Å²) in [6, 6.07) is 0. The zero-order chi connectivity index (χ0) is 13.0. The van der Waals surface area contributed by atoms with Crippen molar-refractivity contribution >= 4 is 28.8 Å². The highest BCUT2D eigenvalue weighted by atomic mass is 127. The lowest BCUT2D eigenvalue weighted by Crippen LogP contribution is -2.40. The summed E-state index contributed by atoms with van der Waals surface area (Å²) in [4.78, 5) is 11.0. The van der Waals surface area contributed by atoms with Crippen molar-refractivity contribution in [2.45, 2.75) is 40.2 Å². The molecule has 0 saturated carbocycles. The first-order chi connectivity index (χ1) is 7.32. The molecule has 0 aromatic carbocycles. The van der Waals surface area contributed by atoms with Crippen molar-refractivity contribution in [2.75, 3.05) is 0 Å². The van der Waals surface area contributed by atoms with E-state index in [-0.39, 0.29) is 11.5 Å². The first-order valence-corrected chi connectivity index (χ1v) is 6.15. The van der Waals surface area contributed by atoms with Crippen LogP contribution in [0.5, 0.6) is 0 Å². The maximum atomic E-state index is 11.0. The molecule has 0 fully saturated rings. The van der Waals surface area contributed by atoms with Crippen LogP contribution in [0.3, 0.4) is 0 Å². The van der Waals surface area contributed by atoms with Crippen LogP contribution in [-0.2, 0) is 7.86 Å². The Hall–Kier alpha value is -0.360. The fraction of sp³-hybridized carbons (Fsp3) is 0.583. The van der Waals surface area contributed by atoms with Crippen LogP contribution in [0.4, 0.5) is 0 Å². The fourth-order valence-electron chi connectivity index (χ4n) is 1.20. The number of aliphatic hydroxyl groups excluding tert-OH is 1. The number of rotatable bonds is 2. The summed E-state index contributed by atoms with van der Waals surface area (Å²) in [5, 5.41) is 9.37. The molecule has 1 N–H and O–H groups in total. The quantitative estimate of drug-likeness (QED) is 0.780. The molecule has 1 rings (SSSR count). The summed E-state index contributed by atoms with van der Waals surface area (Å²) < 4.78 is 5.32. The van der Waals surface area contributed by atoms with Crippen molar-refractivity contribution in [3.05, 3.63) is 24.0 Å². The first-order valence-electron chi connectivity index (χ1n) is 5.27. The topological polar surface area (TPSA) is 46.5 Å². The molecule has 16 heavy (non-hydrogen) atoms. The third kappa shape index (κ3) is 3.07. The molecule has 1 aliphatic rings. The lowest BCUT2D eigenvalue weighted by molar-refractivity contribution is -0.114. The minimum atomic E-state index is -0.473. The van der Waals surface area contributed by atoms with E-state index in [4.69, 9.17) is 3.07 Å². The Bertz CT molecular complexity index is 318. The second-order valence-corrected chi connectivity index (χ2v) is 4.54. The summed E-state index contributed by atoms with van der Waals surface area (Å²) in [6.07, 6.45) is 4.68. The number of ketones is 1. The molecule has 0 aromatic heterocycles. The Morgan fingerprint density at radius 2 is 1.94 bits per heavy atom. The predicted molar refractivity (Wildman–Crippen MR) is 73.5 cm³/mol. The van der Waals surface area contributed by atoms with Gasteiger partial charge in [-0.2, -0.15) is 0 Å². The normalized spacial score (nSPS) is 24.6. The Labute approximate surface area is 111 Å². The van der Waals surface area contributed by atoms with E-state index in [1.54, 1.807) is 6.08 Å². The molecule has 0 spiro atoms. The Kier molecular flexibility index (Phi) is 5.69. The molecule has 1 atom stereocenters. The Morgan fingerprint density at radius 1 is 1.44 bits per heavy atom. The molecule has 0 radical (unpaired) electrons. The van der Waals surface area contributed by atoms with E-state index in [2.05, 4.69) is 0 Å². The van der Waals surface area contributed by atoms with Crippen LogP contribution in [0.2, 0.25) is 0 Å². The van der Waals surface area contributed by atoms with Gasteiger partial charge in [0.25, 0.3) is 0 Å². The van der Waals surface area contributed by atoms with Gasteiger partial charge in [-0.25, -0.2) is 0 Å². The van der Waals surface area contributed by atoms with Crippen LogP contribution in [0.25, 0.3) is 0 Å². The molecular formula is C12H19IO3. The van der Waals surface area contributed by atoms with E-state index in [9.17, 15) is 9.90 Å². The van der Waals surface area contributed by atoms with E-state index in [0.29, 0.717) is 0 Å². The van der Waals surface area contributed by atoms with Crippen LogP contribution in [0, 0.1) is 5.41 Å². The molecule has 1 aliphatic carbocycles. The Morgan fingerprint density at radius 3 is 2.31 bits per heavy atom. The maximum Gasteiger partial charge on any atom is 0.219 e. The van der Waals surface area contributed by atoms with Gasteiger partial charge in [-0.05, 0) is 32.9 Å². The minimum Gasteiger partial charge on any atom is -0.504 e. The lowest BCUT2D eigenvalue weighted by atomic mass is 9.73. The molecule has 3 nitrogen and oxygen atoms in total. The van der Waals surface area contributed by atoms with Gasteiger partial charge in [0.05, 0.1) is 5.60 Å². The summed E-state index contributed by atoms with van der Waals surface area (Å²) in [5.74, 6) is -0.566. The molecule has 0 aliphatic heterocycles. The highest BCUT2D eigenvalue weighted by Crippen LogP contribution is 2.40. The Balaban J connectivity index is 0.00000106. The summed E-state index contributed by atoms with van der Waals surface area (Å²) in [5.41, 5.74) is -0.940. The van der Waals surface area contributed by atoms with E-state index < -0.39 is 11.0 Å². The number of aliphatic hydroxyl groups is 1. The molecule has 1 unspecified atom stereocenters. The molecule has 92 valence electrons. The second-order valence-electron chi connectivity index (χ2n) is 4.10. The highest BCUT2D eigenvalue weighted by molar-refractivity contribution is 14.1. The molecule has 0 aromatic rings. The van der Waals surface area contributed by atoms with Crippen molar-refractivity contribution < 1.29 is 13.0 Å². The van der Waals surface area contributed by atoms with Crippen molar-refractivity contribution in [3.63, 3.8) is 0 Å². The number of hydrogen-bond acceptors (Lipinski definition) is 3. The van der Waals surface area contributed by atoms with Gasteiger partial charge in [0.1, 0.15) is 23.0 Å². The van der Waals surface area contributed by atoms with Gasteiger partial charge >= 0.3 is 0 Å². The van der Waals surface area contributed by atoms with Gasteiger partial charge in [0.2, 0.25) is 5.78 Å². The highest BCUT2D eigenvalue weighted by Gasteiger charge is 2.41.